The van der Waals surface area contributed by atoms with E-state index in [2.05, 4.69) is 112 Å². The summed E-state index contributed by atoms with van der Waals surface area (Å²) >= 11 is 23.1. The third kappa shape index (κ3) is 15.1. The van der Waals surface area contributed by atoms with Gasteiger partial charge in [0.25, 0.3) is 0 Å². The van der Waals surface area contributed by atoms with Gasteiger partial charge in [-0.3, -0.25) is 0 Å². The van der Waals surface area contributed by atoms with E-state index in [1.807, 2.05) is 0 Å². The maximum absolute atomic E-state index is 11.6. The molecule has 40 atom stereocenters. The zero-order valence-electron chi connectivity index (χ0n) is 46.1. The maximum Gasteiger partial charge on any atom is 0.187 e. The lowest BCUT2D eigenvalue weighted by Crippen LogP contribution is -2.68. The van der Waals surface area contributed by atoms with Crippen molar-refractivity contribution in [3.05, 3.63) is 0 Å². The number of rotatable bonds is 8. The number of hydrogen-bond acceptors (Lipinski definition) is 32. The molecular weight excluding hydrogens is 1660 g/mol. The highest BCUT2D eigenvalue weighted by molar-refractivity contribution is 9.10. The Balaban J connectivity index is 0.975. The fourth-order valence-corrected chi connectivity index (χ4v) is 15.6. The Bertz CT molecular complexity index is 1730. The number of halogens is 7. The minimum absolute atomic E-state index is 0.0570. The van der Waals surface area contributed by atoms with Gasteiger partial charge in [-0.05, 0) is 6.42 Å². The molecule has 0 spiro atoms. The first-order valence-electron chi connectivity index (χ1n) is 28.2. The molecule has 30 aliphatic heterocycles. The molecular formula is C49H75Br7O32. The average Bonchev–Trinajstić information content (AvgIpc) is 1.09. The summed E-state index contributed by atoms with van der Waals surface area (Å²) in [5.41, 5.74) is 0. The van der Waals surface area contributed by atoms with Crippen LogP contribution in [-0.2, 0) is 75.8 Å². The van der Waals surface area contributed by atoms with E-state index < -0.39 is 246 Å². The van der Waals surface area contributed by atoms with Crippen LogP contribution < -0.4 is 0 Å². The van der Waals surface area contributed by atoms with Gasteiger partial charge in [-0.2, -0.15) is 0 Å². The van der Waals surface area contributed by atoms with Gasteiger partial charge in [0.1, 0.15) is 146 Å². The van der Waals surface area contributed by atoms with Crippen molar-refractivity contribution in [3.63, 3.8) is 0 Å². The quantitative estimate of drug-likeness (QED) is 0.101. The lowest BCUT2D eigenvalue weighted by molar-refractivity contribution is -0.397. The molecule has 16 bridgehead atoms. The number of aliphatic hydroxyl groups excluding tert-OH is 16. The zero-order chi connectivity index (χ0) is 64.1. The van der Waals surface area contributed by atoms with Crippen molar-refractivity contribution in [3.8, 4) is 0 Å². The second-order valence-electron chi connectivity index (χ2n) is 22.5. The molecule has 30 aliphatic rings. The molecule has 0 radical (unpaired) electrons. The van der Waals surface area contributed by atoms with Crippen LogP contribution in [0.3, 0.4) is 0 Å². The molecule has 16 N–H and O–H groups in total. The molecule has 39 heteroatoms. The predicted octanol–water partition coefficient (Wildman–Crippen LogP) is -6.17. The van der Waals surface area contributed by atoms with Crippen LogP contribution >= 0.6 is 112 Å². The van der Waals surface area contributed by atoms with E-state index in [-0.39, 0.29) is 43.7 Å². The second-order valence-corrected chi connectivity index (χ2v) is 27.0. The molecule has 30 fully saturated rings. The van der Waals surface area contributed by atoms with Gasteiger partial charge in [-0.15, -0.1) is 0 Å². The molecule has 32 nitrogen and oxygen atoms in total. The van der Waals surface area contributed by atoms with Gasteiger partial charge in [0.15, 0.2) is 50.3 Å². The lowest BCUT2D eigenvalue weighted by atomic mass is 9.94. The molecule has 88 heavy (non-hydrogen) atoms. The van der Waals surface area contributed by atoms with E-state index in [4.69, 9.17) is 75.8 Å². The Kier molecular flexibility index (Phi) is 27.3. The Morgan fingerprint density at radius 3 is 0.409 bits per heavy atom. The van der Waals surface area contributed by atoms with Crippen molar-refractivity contribution < 1.29 is 157 Å². The fraction of sp³-hybridized carbons (Fsp3) is 1.00. The lowest BCUT2D eigenvalue weighted by Gasteiger charge is -2.51. The van der Waals surface area contributed by atoms with E-state index >= 15 is 0 Å². The van der Waals surface area contributed by atoms with Gasteiger partial charge in [0.05, 0.1) is 48.8 Å². The van der Waals surface area contributed by atoms with Crippen LogP contribution in [-0.4, -0.2) is 365 Å². The Morgan fingerprint density at radius 1 is 0.182 bits per heavy atom. The minimum Gasteiger partial charge on any atom is -0.387 e. The van der Waals surface area contributed by atoms with Gasteiger partial charge in [0, 0.05) is 37.3 Å². The van der Waals surface area contributed by atoms with Crippen LogP contribution in [0.5, 0.6) is 0 Å². The molecule has 30 heterocycles. The first-order valence-corrected chi connectivity index (χ1v) is 36.0. The number of hydrogen-bond donors (Lipinski definition) is 16. The van der Waals surface area contributed by atoms with Gasteiger partial charge >= 0.3 is 0 Å². The standard InChI is InChI=1S/C49H75Br7O32/c1-2-10-34-18(57)26(65)42(73-10)82-35-11(3-50)75-44(28(67)20(35)59)84-37-13(5-52)77-46(30(69)22(37)61)86-39-15(7-54)79-48(32(71)24(39)63)88-41-17(9-56)80-49(33(72)25(41)64)87-40-16(8-55)78-47(31(70)23(40)62)85-38-14(6-53)76-45(29(68)21(38)60)83-36-12(4-51)74-43(81-34)27(66)19(36)58/h10-49,57-72H,2-9H2,1H3/t10-,11-,12-,13-,14-,15-,16-,17-,18-,19-,20-,21-,22-,23-,24-,25-,26-,27-,28-,29-,30-,31-,32-,33-,34-,35-,36-,37-,38-,39-,40-,41-,42-,43-,44-,45-,46-,47-,48-,49-/m1/s1. The van der Waals surface area contributed by atoms with E-state index in [0.717, 1.165) is 0 Å². The molecule has 30 rings (SSSR count). The molecule has 512 valence electrons. The summed E-state index contributed by atoms with van der Waals surface area (Å²) in [7, 11) is 0. The van der Waals surface area contributed by atoms with E-state index in [0.29, 0.717) is 0 Å². The highest BCUT2D eigenvalue weighted by Crippen LogP contribution is 2.41. The van der Waals surface area contributed by atoms with Crippen molar-refractivity contribution in [2.24, 2.45) is 0 Å². The summed E-state index contributed by atoms with van der Waals surface area (Å²) in [6.45, 7) is 1.63. The normalized spacial score (nSPS) is 55.4. The molecule has 0 unspecified atom stereocenters. The van der Waals surface area contributed by atoms with Crippen LogP contribution in [0.25, 0.3) is 0 Å². The van der Waals surface area contributed by atoms with Gasteiger partial charge < -0.3 is 157 Å². The molecule has 0 amide bonds. The summed E-state index contributed by atoms with van der Waals surface area (Å²) in [6.07, 6.45) is -67.2. The van der Waals surface area contributed by atoms with Crippen molar-refractivity contribution in [1.82, 2.24) is 0 Å². The number of aliphatic hydroxyl groups is 16. The average molecular weight is 1740 g/mol. The Morgan fingerprint density at radius 2 is 0.295 bits per heavy atom. The second kappa shape index (κ2) is 32.4. The summed E-state index contributed by atoms with van der Waals surface area (Å²) in [4.78, 5) is 0. The highest BCUT2D eigenvalue weighted by Gasteiger charge is 2.60. The molecule has 0 aliphatic carbocycles. The monoisotopic (exact) mass is 1730 g/mol. The molecule has 0 aromatic rings. The van der Waals surface area contributed by atoms with Crippen LogP contribution in [0, 0.1) is 0 Å². The van der Waals surface area contributed by atoms with Crippen molar-refractivity contribution in [1.29, 1.82) is 0 Å². The van der Waals surface area contributed by atoms with Crippen LogP contribution in [0.1, 0.15) is 13.3 Å². The molecule has 0 saturated carbocycles. The summed E-state index contributed by atoms with van der Waals surface area (Å²) < 4.78 is 96.8. The van der Waals surface area contributed by atoms with Crippen molar-refractivity contribution >= 4 is 112 Å². The maximum atomic E-state index is 11.6. The summed E-state index contributed by atoms with van der Waals surface area (Å²) in [6, 6.07) is 0. The molecule has 0 aromatic heterocycles. The zero-order valence-corrected chi connectivity index (χ0v) is 57.2. The smallest absolute Gasteiger partial charge is 0.187 e. The summed E-state index contributed by atoms with van der Waals surface area (Å²) in [5.74, 6) is 0. The van der Waals surface area contributed by atoms with Crippen molar-refractivity contribution in [2.45, 2.75) is 259 Å². The van der Waals surface area contributed by atoms with Crippen LogP contribution in [0.2, 0.25) is 0 Å². The van der Waals surface area contributed by atoms with Gasteiger partial charge in [0.2, 0.25) is 0 Å². The SMILES string of the molecule is CC[C@H]1O[C@@H]2O[C@H]3[C@H](O)[C@@H](O)[C@@H](O[C@H]4[C@H](O)[C@@H](O)[C@@H](O[C@H]5[C@H](O)[C@@H](O)[C@@H](O[C@H]6[C@H](O)[C@@H](O)[C@@H](O[C@H]7[C@H](O)[C@@H](O)[C@@H](O[C@H]8[C@H](O)[C@@H](O)[C@@H](O[C@H]9[C@H](O)[C@@H](O)[C@@H](O[C@H]1[C@H](O)[C@H]2O)O[C@@H]9CBr)O[C@@H]8CBr)O[C@@H]7CBr)O[C@@H]6CBr)O[C@@H]5CBr)O[C@@H]4CBr)O[C@@H]3CBr. The third-order valence-corrected chi connectivity index (χ3v) is 21.4. The first kappa shape index (κ1) is 74.3. The van der Waals surface area contributed by atoms with E-state index in [1.165, 1.54) is 0 Å². The van der Waals surface area contributed by atoms with E-state index in [9.17, 15) is 81.7 Å². The minimum atomic E-state index is -1.98. The van der Waals surface area contributed by atoms with Gasteiger partial charge in [-0.1, -0.05) is 118 Å². The number of alkyl halides is 7. The molecule has 30 saturated heterocycles. The topological polar surface area (TPSA) is 471 Å². The fourth-order valence-electron chi connectivity index (χ4n) is 11.9. The van der Waals surface area contributed by atoms with Crippen LogP contribution in [0.4, 0.5) is 0 Å². The third-order valence-electron chi connectivity index (χ3n) is 16.9. The largest absolute Gasteiger partial charge is 0.387 e. The molecule has 0 aromatic carbocycles. The first-order chi connectivity index (χ1) is 41.9. The summed E-state index contributed by atoms with van der Waals surface area (Å²) in [5, 5.41) is 184. The van der Waals surface area contributed by atoms with Gasteiger partial charge in [-0.25, -0.2) is 0 Å². The Labute approximate surface area is 561 Å². The highest BCUT2D eigenvalue weighted by atomic mass is 79.9. The Hall–Kier alpha value is 2.08. The number of ether oxygens (including phenoxy) is 16. The predicted molar refractivity (Wildman–Crippen MR) is 311 cm³/mol. The van der Waals surface area contributed by atoms with Crippen molar-refractivity contribution in [2.75, 3.05) is 37.3 Å². The van der Waals surface area contributed by atoms with E-state index in [1.54, 1.807) is 6.92 Å². The van der Waals surface area contributed by atoms with Crippen LogP contribution in [0.15, 0.2) is 0 Å².